The highest BCUT2D eigenvalue weighted by Crippen LogP contribution is 2.40. The Morgan fingerprint density at radius 2 is 2.20 bits per heavy atom. The first-order valence-corrected chi connectivity index (χ1v) is 7.50. The van der Waals surface area contributed by atoms with Gasteiger partial charge in [-0.25, -0.2) is 0 Å². The number of carbonyl (C=O) groups is 2. The first-order valence-electron chi connectivity index (χ1n) is 6.68. The van der Waals surface area contributed by atoms with Crippen molar-refractivity contribution in [2.24, 2.45) is 11.7 Å². The van der Waals surface area contributed by atoms with Crippen molar-refractivity contribution in [1.29, 1.82) is 0 Å². The smallest absolute Gasteiger partial charge is 0.263 e. The number of carbonyl (C=O) groups excluding carboxylic acids is 2. The second-order valence-corrected chi connectivity index (χ2v) is 5.98. The quantitative estimate of drug-likeness (QED) is 0.772. The fourth-order valence-corrected chi connectivity index (χ4v) is 3.73. The molecule has 0 radical (unpaired) electrons. The molecule has 1 aromatic heterocycles. The summed E-state index contributed by atoms with van der Waals surface area (Å²) in [6.45, 7) is 3.90. The van der Waals surface area contributed by atoms with Crippen molar-refractivity contribution in [3.63, 3.8) is 0 Å². The molecule has 20 heavy (non-hydrogen) atoms. The number of hydrogen-bond acceptors (Lipinski definition) is 5. The minimum absolute atomic E-state index is 0.191. The number of hydrogen-bond donors (Lipinski definition) is 3. The van der Waals surface area contributed by atoms with Gasteiger partial charge in [-0.1, -0.05) is 13.3 Å². The molecule has 1 atom stereocenters. The zero-order valence-corrected chi connectivity index (χ0v) is 12.5. The van der Waals surface area contributed by atoms with Gasteiger partial charge in [0.25, 0.3) is 11.8 Å². The normalized spacial score (nSPS) is 18.3. The predicted molar refractivity (Wildman–Crippen MR) is 81.3 cm³/mol. The molecule has 1 aliphatic rings. The van der Waals surface area contributed by atoms with Crippen LogP contribution in [0.25, 0.3) is 0 Å². The van der Waals surface area contributed by atoms with Crippen LogP contribution in [0.4, 0.5) is 10.7 Å². The molecular formula is C13H20N4O2S. The summed E-state index contributed by atoms with van der Waals surface area (Å²) in [7, 11) is 1.54. The van der Waals surface area contributed by atoms with Gasteiger partial charge in [0, 0.05) is 20.1 Å². The third kappa shape index (κ3) is 2.45. The average Bonchev–Trinajstić information content (AvgIpc) is 3.01. The zero-order chi connectivity index (χ0) is 14.9. The van der Waals surface area contributed by atoms with E-state index >= 15 is 0 Å². The third-order valence-corrected chi connectivity index (χ3v) is 5.02. The number of thiophene rings is 1. The van der Waals surface area contributed by atoms with Crippen molar-refractivity contribution in [1.82, 2.24) is 5.32 Å². The van der Waals surface area contributed by atoms with Crippen LogP contribution in [0, 0.1) is 5.92 Å². The Bertz CT molecular complexity index is 541. The maximum absolute atomic E-state index is 11.8. The SMILES string of the molecule is CCC1CCN(c2sc(C(=O)NC)c(N)c2C(N)=O)C1. The van der Waals surface area contributed by atoms with E-state index in [1.807, 2.05) is 0 Å². The molecule has 0 spiro atoms. The van der Waals surface area contributed by atoms with Gasteiger partial charge in [-0.2, -0.15) is 0 Å². The number of anilines is 2. The molecule has 2 rings (SSSR count). The molecule has 0 aromatic carbocycles. The molecule has 0 bridgehead atoms. The molecule has 2 heterocycles. The van der Waals surface area contributed by atoms with E-state index < -0.39 is 5.91 Å². The Kier molecular flexibility index (Phi) is 4.17. The van der Waals surface area contributed by atoms with E-state index in [1.54, 1.807) is 0 Å². The van der Waals surface area contributed by atoms with Gasteiger partial charge in [0.2, 0.25) is 0 Å². The van der Waals surface area contributed by atoms with Crippen LogP contribution in [0.3, 0.4) is 0 Å². The lowest BCUT2D eigenvalue weighted by Gasteiger charge is -2.17. The molecule has 0 saturated carbocycles. The first kappa shape index (κ1) is 14.6. The van der Waals surface area contributed by atoms with Gasteiger partial charge in [-0.05, 0) is 12.3 Å². The van der Waals surface area contributed by atoms with Gasteiger partial charge < -0.3 is 21.7 Å². The number of amides is 2. The molecule has 1 aliphatic heterocycles. The van der Waals surface area contributed by atoms with Crippen LogP contribution >= 0.6 is 11.3 Å². The van der Waals surface area contributed by atoms with E-state index in [9.17, 15) is 9.59 Å². The van der Waals surface area contributed by atoms with E-state index in [4.69, 9.17) is 11.5 Å². The van der Waals surface area contributed by atoms with Crippen molar-refractivity contribution >= 4 is 33.8 Å². The second-order valence-electron chi connectivity index (χ2n) is 4.98. The fourth-order valence-electron chi connectivity index (χ4n) is 2.52. The molecule has 5 N–H and O–H groups in total. The fraction of sp³-hybridized carbons (Fsp3) is 0.538. The second kappa shape index (κ2) is 5.70. The Labute approximate surface area is 122 Å². The number of nitrogens with zero attached hydrogens (tertiary/aromatic N) is 1. The summed E-state index contributed by atoms with van der Waals surface area (Å²) in [4.78, 5) is 25.9. The number of rotatable bonds is 4. The molecule has 7 heteroatoms. The van der Waals surface area contributed by atoms with E-state index in [1.165, 1.54) is 18.4 Å². The van der Waals surface area contributed by atoms with Gasteiger partial charge >= 0.3 is 0 Å². The summed E-state index contributed by atoms with van der Waals surface area (Å²) >= 11 is 1.24. The lowest BCUT2D eigenvalue weighted by atomic mass is 10.1. The maximum Gasteiger partial charge on any atom is 0.263 e. The summed E-state index contributed by atoms with van der Waals surface area (Å²) in [5.41, 5.74) is 11.8. The van der Waals surface area contributed by atoms with Gasteiger partial charge in [-0.3, -0.25) is 9.59 Å². The van der Waals surface area contributed by atoms with Gasteiger partial charge in [0.15, 0.2) is 0 Å². The zero-order valence-electron chi connectivity index (χ0n) is 11.7. The average molecular weight is 296 g/mol. The number of nitrogens with one attached hydrogen (secondary N) is 1. The van der Waals surface area contributed by atoms with Crippen molar-refractivity contribution < 1.29 is 9.59 Å². The molecule has 6 nitrogen and oxygen atoms in total. The Morgan fingerprint density at radius 1 is 1.50 bits per heavy atom. The van der Waals surface area contributed by atoms with E-state index in [0.29, 0.717) is 10.8 Å². The van der Waals surface area contributed by atoms with Crippen LogP contribution in [0.15, 0.2) is 0 Å². The lowest BCUT2D eigenvalue weighted by molar-refractivity contribution is 0.0967. The Morgan fingerprint density at radius 3 is 2.70 bits per heavy atom. The van der Waals surface area contributed by atoms with Crippen molar-refractivity contribution in [2.45, 2.75) is 19.8 Å². The molecule has 1 aromatic rings. The molecule has 1 unspecified atom stereocenters. The van der Waals surface area contributed by atoms with Crippen LogP contribution < -0.4 is 21.7 Å². The first-order chi connectivity index (χ1) is 9.49. The number of primary amides is 1. The Balaban J connectivity index is 2.42. The molecule has 0 aliphatic carbocycles. The van der Waals surface area contributed by atoms with Crippen LogP contribution in [0.2, 0.25) is 0 Å². The lowest BCUT2D eigenvalue weighted by Crippen LogP contribution is -2.23. The molecule has 1 fully saturated rings. The van der Waals surface area contributed by atoms with E-state index in [2.05, 4.69) is 17.1 Å². The van der Waals surface area contributed by atoms with E-state index in [-0.39, 0.29) is 17.2 Å². The minimum Gasteiger partial charge on any atom is -0.397 e. The molecule has 1 saturated heterocycles. The standard InChI is InChI=1S/C13H20N4O2S/c1-3-7-4-5-17(6-7)13-8(11(15)18)9(14)10(20-13)12(19)16-2/h7H,3-6,14H2,1-2H3,(H2,15,18)(H,16,19). The summed E-state index contributed by atoms with van der Waals surface area (Å²) in [6.07, 6.45) is 2.19. The van der Waals surface area contributed by atoms with Gasteiger partial charge in [-0.15, -0.1) is 11.3 Å². The highest BCUT2D eigenvalue weighted by atomic mass is 32.1. The molecular weight excluding hydrogens is 276 g/mol. The van der Waals surface area contributed by atoms with Gasteiger partial charge in [0.05, 0.1) is 11.3 Å². The topological polar surface area (TPSA) is 101 Å². The summed E-state index contributed by atoms with van der Waals surface area (Å²) in [5, 5.41) is 3.26. The monoisotopic (exact) mass is 296 g/mol. The maximum atomic E-state index is 11.8. The summed E-state index contributed by atoms with van der Waals surface area (Å²) in [5.74, 6) is -0.251. The van der Waals surface area contributed by atoms with Crippen molar-refractivity contribution in [3.05, 3.63) is 10.4 Å². The number of nitrogens with two attached hydrogens (primary N) is 2. The molecule has 2 amide bonds. The third-order valence-electron chi connectivity index (χ3n) is 3.76. The van der Waals surface area contributed by atoms with E-state index in [0.717, 1.165) is 30.9 Å². The minimum atomic E-state index is -0.580. The van der Waals surface area contributed by atoms with Gasteiger partial charge in [0.1, 0.15) is 9.88 Å². The van der Waals surface area contributed by atoms with Crippen molar-refractivity contribution in [2.75, 3.05) is 30.8 Å². The number of nitrogen functional groups attached to an aromatic ring is 1. The molecule has 110 valence electrons. The largest absolute Gasteiger partial charge is 0.397 e. The summed E-state index contributed by atoms with van der Waals surface area (Å²) in [6, 6.07) is 0. The summed E-state index contributed by atoms with van der Waals surface area (Å²) < 4.78 is 0. The van der Waals surface area contributed by atoms with Crippen LogP contribution in [0.1, 0.15) is 39.8 Å². The van der Waals surface area contributed by atoms with Crippen LogP contribution in [-0.2, 0) is 0 Å². The van der Waals surface area contributed by atoms with Crippen LogP contribution in [0.5, 0.6) is 0 Å². The predicted octanol–water partition coefficient (Wildman–Crippen LogP) is 1.03. The van der Waals surface area contributed by atoms with Crippen molar-refractivity contribution in [3.8, 4) is 0 Å². The Hall–Kier alpha value is -1.76. The highest BCUT2D eigenvalue weighted by Gasteiger charge is 2.30. The highest BCUT2D eigenvalue weighted by molar-refractivity contribution is 7.19. The van der Waals surface area contributed by atoms with Crippen LogP contribution in [-0.4, -0.2) is 32.0 Å².